The largest absolute Gasteiger partial charge is 0.334 e. The number of hydrogen-bond acceptors (Lipinski definition) is 4. The van der Waals surface area contributed by atoms with Crippen LogP contribution in [0.25, 0.3) is 11.5 Å². The van der Waals surface area contributed by atoms with Gasteiger partial charge in [-0.15, -0.1) is 0 Å². The van der Waals surface area contributed by atoms with E-state index in [1.165, 1.54) is 0 Å². The van der Waals surface area contributed by atoms with Crippen molar-refractivity contribution >= 4 is 15.9 Å². The Labute approximate surface area is 126 Å². The van der Waals surface area contributed by atoms with Gasteiger partial charge in [0.25, 0.3) is 5.89 Å². The molecule has 106 valence electrons. The molecule has 5 heteroatoms. The van der Waals surface area contributed by atoms with Crippen LogP contribution in [0.2, 0.25) is 0 Å². The van der Waals surface area contributed by atoms with E-state index in [4.69, 9.17) is 10.3 Å². The lowest BCUT2D eigenvalue weighted by Gasteiger charge is -2.33. The van der Waals surface area contributed by atoms with E-state index < -0.39 is 5.54 Å². The highest BCUT2D eigenvalue weighted by Gasteiger charge is 2.36. The maximum Gasteiger partial charge on any atom is 0.257 e. The molecule has 3 rings (SSSR count). The summed E-state index contributed by atoms with van der Waals surface area (Å²) in [6.45, 7) is 2.27. The minimum Gasteiger partial charge on any atom is -0.334 e. The maximum absolute atomic E-state index is 6.47. The lowest BCUT2D eigenvalue weighted by Crippen LogP contribution is -2.41. The highest BCUT2D eigenvalue weighted by molar-refractivity contribution is 9.10. The van der Waals surface area contributed by atoms with Gasteiger partial charge in [0.1, 0.15) is 0 Å². The Morgan fingerprint density at radius 1 is 1.25 bits per heavy atom. The fourth-order valence-electron chi connectivity index (χ4n) is 2.64. The van der Waals surface area contributed by atoms with Gasteiger partial charge < -0.3 is 10.3 Å². The van der Waals surface area contributed by atoms with E-state index in [2.05, 4.69) is 33.0 Å². The number of hydrogen-bond donors (Lipinski definition) is 1. The van der Waals surface area contributed by atoms with Crippen LogP contribution >= 0.6 is 15.9 Å². The van der Waals surface area contributed by atoms with Gasteiger partial charge >= 0.3 is 0 Å². The summed E-state index contributed by atoms with van der Waals surface area (Å²) in [6, 6.07) is 7.82. The van der Waals surface area contributed by atoms with Gasteiger partial charge in [-0.3, -0.25) is 0 Å². The Balaban J connectivity index is 1.85. The second-order valence-electron chi connectivity index (χ2n) is 5.77. The second-order valence-corrected chi connectivity index (χ2v) is 6.68. The molecule has 1 aromatic carbocycles. The van der Waals surface area contributed by atoms with Crippen LogP contribution in [0.4, 0.5) is 0 Å². The zero-order valence-corrected chi connectivity index (χ0v) is 13.1. The first-order valence-corrected chi connectivity index (χ1v) is 7.75. The first kappa shape index (κ1) is 13.8. The fraction of sp³-hybridized carbons (Fsp3) is 0.467. The Hall–Kier alpha value is -1.20. The maximum atomic E-state index is 6.47. The zero-order valence-electron chi connectivity index (χ0n) is 11.5. The van der Waals surface area contributed by atoms with Crippen molar-refractivity contribution in [1.29, 1.82) is 0 Å². The van der Waals surface area contributed by atoms with E-state index in [0.717, 1.165) is 41.6 Å². The van der Waals surface area contributed by atoms with Gasteiger partial charge in [0.05, 0.1) is 5.54 Å². The third-order valence-corrected chi connectivity index (χ3v) is 4.66. The van der Waals surface area contributed by atoms with Crippen molar-refractivity contribution in [3.05, 3.63) is 34.6 Å². The van der Waals surface area contributed by atoms with Crippen LogP contribution in [0.1, 0.15) is 38.4 Å². The first-order valence-electron chi connectivity index (χ1n) is 6.96. The highest BCUT2D eigenvalue weighted by atomic mass is 79.9. The molecule has 20 heavy (non-hydrogen) atoms. The summed E-state index contributed by atoms with van der Waals surface area (Å²) < 4.78 is 6.40. The molecule has 0 spiro atoms. The van der Waals surface area contributed by atoms with Crippen molar-refractivity contribution in [3.63, 3.8) is 0 Å². The smallest absolute Gasteiger partial charge is 0.257 e. The Morgan fingerprint density at radius 3 is 2.55 bits per heavy atom. The summed E-state index contributed by atoms with van der Waals surface area (Å²) in [4.78, 5) is 4.51. The molecule has 4 nitrogen and oxygen atoms in total. The van der Waals surface area contributed by atoms with Gasteiger partial charge in [0.2, 0.25) is 0 Å². The van der Waals surface area contributed by atoms with Crippen LogP contribution in [-0.2, 0) is 5.54 Å². The van der Waals surface area contributed by atoms with Crippen LogP contribution in [0, 0.1) is 5.92 Å². The van der Waals surface area contributed by atoms with Crippen molar-refractivity contribution in [3.8, 4) is 11.5 Å². The lowest BCUT2D eigenvalue weighted by atomic mass is 9.77. The summed E-state index contributed by atoms with van der Waals surface area (Å²) in [5, 5.41) is 4.11. The van der Waals surface area contributed by atoms with Crippen molar-refractivity contribution in [2.45, 2.75) is 38.1 Å². The minimum atomic E-state index is -0.427. The molecule has 1 fully saturated rings. The topological polar surface area (TPSA) is 64.9 Å². The van der Waals surface area contributed by atoms with Crippen LogP contribution in [0.3, 0.4) is 0 Å². The van der Waals surface area contributed by atoms with Crippen molar-refractivity contribution in [2.24, 2.45) is 11.7 Å². The summed E-state index contributed by atoms with van der Waals surface area (Å²) in [6.07, 6.45) is 4.10. The molecule has 0 unspecified atom stereocenters. The normalized spacial score (nSPS) is 26.6. The SMILES string of the molecule is CC1CCC(N)(c2noc(-c3ccc(Br)cc3)n2)CC1. The van der Waals surface area contributed by atoms with E-state index in [-0.39, 0.29) is 0 Å². The average molecular weight is 336 g/mol. The lowest BCUT2D eigenvalue weighted by molar-refractivity contribution is 0.230. The van der Waals surface area contributed by atoms with Crippen LogP contribution in [0.15, 0.2) is 33.3 Å². The standard InChI is InChI=1S/C15H18BrN3O/c1-10-6-8-15(17,9-7-10)14-18-13(20-19-14)11-2-4-12(16)5-3-11/h2-5,10H,6-9,17H2,1H3. The predicted molar refractivity (Wildman–Crippen MR) is 80.9 cm³/mol. The van der Waals surface area contributed by atoms with Gasteiger partial charge in [0, 0.05) is 10.0 Å². The van der Waals surface area contributed by atoms with E-state index >= 15 is 0 Å². The van der Waals surface area contributed by atoms with Crippen LogP contribution < -0.4 is 5.73 Å². The van der Waals surface area contributed by atoms with Gasteiger partial charge in [0.15, 0.2) is 5.82 Å². The van der Waals surface area contributed by atoms with Crippen molar-refractivity contribution in [1.82, 2.24) is 10.1 Å². The molecule has 0 saturated heterocycles. The monoisotopic (exact) mass is 335 g/mol. The van der Waals surface area contributed by atoms with E-state index in [1.807, 2.05) is 24.3 Å². The molecular weight excluding hydrogens is 318 g/mol. The number of halogens is 1. The highest BCUT2D eigenvalue weighted by Crippen LogP contribution is 2.36. The predicted octanol–water partition coefficient (Wildman–Crippen LogP) is 3.86. The zero-order chi connectivity index (χ0) is 14.2. The average Bonchev–Trinajstić information content (AvgIpc) is 2.94. The van der Waals surface area contributed by atoms with Gasteiger partial charge in [-0.2, -0.15) is 4.98 Å². The quantitative estimate of drug-likeness (QED) is 0.904. The molecule has 2 aromatic rings. The van der Waals surface area contributed by atoms with E-state index in [1.54, 1.807) is 0 Å². The molecule has 0 bridgehead atoms. The number of aromatic nitrogens is 2. The van der Waals surface area contributed by atoms with Gasteiger partial charge in [-0.05, 0) is 55.9 Å². The second kappa shape index (κ2) is 5.30. The Morgan fingerprint density at radius 2 is 1.90 bits per heavy atom. The van der Waals surface area contributed by atoms with Gasteiger partial charge in [-0.1, -0.05) is 28.0 Å². The third kappa shape index (κ3) is 2.65. The first-order chi connectivity index (χ1) is 9.57. The molecule has 0 aliphatic heterocycles. The minimum absolute atomic E-state index is 0.427. The summed E-state index contributed by atoms with van der Waals surface area (Å²) in [7, 11) is 0. The molecule has 1 aliphatic rings. The summed E-state index contributed by atoms with van der Waals surface area (Å²) in [5.41, 5.74) is 6.96. The molecule has 1 heterocycles. The Kier molecular flexibility index (Phi) is 3.65. The van der Waals surface area contributed by atoms with Crippen molar-refractivity contribution in [2.75, 3.05) is 0 Å². The number of benzene rings is 1. The van der Waals surface area contributed by atoms with Crippen LogP contribution in [-0.4, -0.2) is 10.1 Å². The molecular formula is C15H18BrN3O. The fourth-order valence-corrected chi connectivity index (χ4v) is 2.90. The molecule has 0 amide bonds. The number of nitrogens with two attached hydrogens (primary N) is 1. The third-order valence-electron chi connectivity index (χ3n) is 4.13. The molecule has 2 N–H and O–H groups in total. The van der Waals surface area contributed by atoms with E-state index in [9.17, 15) is 0 Å². The number of rotatable bonds is 2. The van der Waals surface area contributed by atoms with Gasteiger partial charge in [-0.25, -0.2) is 0 Å². The summed E-state index contributed by atoms with van der Waals surface area (Å²) >= 11 is 3.41. The molecule has 1 aliphatic carbocycles. The summed E-state index contributed by atoms with van der Waals surface area (Å²) in [5.74, 6) is 1.92. The number of nitrogens with zero attached hydrogens (tertiary/aromatic N) is 2. The molecule has 1 saturated carbocycles. The molecule has 1 aromatic heterocycles. The molecule has 0 atom stereocenters. The molecule has 0 radical (unpaired) electrons. The van der Waals surface area contributed by atoms with Crippen LogP contribution in [0.5, 0.6) is 0 Å². The van der Waals surface area contributed by atoms with Crippen molar-refractivity contribution < 1.29 is 4.52 Å². The van der Waals surface area contributed by atoms with E-state index in [0.29, 0.717) is 11.7 Å². The Bertz CT molecular complexity index is 585.